The molecule has 126 valence electrons. The van der Waals surface area contributed by atoms with Crippen molar-refractivity contribution in [3.63, 3.8) is 0 Å². The number of hydrogen-bond donors (Lipinski definition) is 2. The number of rotatable bonds is 4. The Labute approximate surface area is 146 Å². The highest BCUT2D eigenvalue weighted by Crippen LogP contribution is 2.24. The summed E-state index contributed by atoms with van der Waals surface area (Å²) in [4.78, 5) is 25.2. The van der Waals surface area contributed by atoms with E-state index in [1.165, 1.54) is 24.2 Å². The van der Waals surface area contributed by atoms with Crippen molar-refractivity contribution in [3.05, 3.63) is 52.2 Å². The minimum atomic E-state index is -0.149. The molecule has 5 heteroatoms. The fraction of sp³-hybridized carbons (Fsp3) is 0.368. The first-order chi connectivity index (χ1) is 11.6. The maximum absolute atomic E-state index is 12.4. The monoisotopic (exact) mass is 342 g/mol. The third-order valence-electron chi connectivity index (χ3n) is 4.48. The Morgan fingerprint density at radius 2 is 1.83 bits per heavy atom. The highest BCUT2D eigenvalue weighted by Gasteiger charge is 2.20. The van der Waals surface area contributed by atoms with Crippen LogP contribution >= 0.6 is 11.3 Å². The summed E-state index contributed by atoms with van der Waals surface area (Å²) in [7, 11) is 0. The standard InChI is InChI=1S/C19H22N2O2S/c1-13-7-9-15(10-8-13)20-18(22)14-4-2-5-16(12-14)21-19(23)17-6-3-11-24-17/h2-6,11-13,15H,7-10H2,1H3,(H,20,22)(H,21,23). The molecule has 1 aliphatic rings. The Bertz CT molecular complexity index is 704. The van der Waals surface area contributed by atoms with E-state index < -0.39 is 0 Å². The van der Waals surface area contributed by atoms with Gasteiger partial charge in [0.1, 0.15) is 0 Å². The van der Waals surface area contributed by atoms with Gasteiger partial charge in [0.15, 0.2) is 0 Å². The molecule has 24 heavy (non-hydrogen) atoms. The normalized spacial score (nSPS) is 20.4. The van der Waals surface area contributed by atoms with E-state index in [4.69, 9.17) is 0 Å². The van der Waals surface area contributed by atoms with Crippen LogP contribution in [0.5, 0.6) is 0 Å². The zero-order valence-electron chi connectivity index (χ0n) is 13.7. The van der Waals surface area contributed by atoms with Gasteiger partial charge in [0.05, 0.1) is 4.88 Å². The second kappa shape index (κ2) is 7.62. The molecule has 1 aromatic carbocycles. The lowest BCUT2D eigenvalue weighted by molar-refractivity contribution is 0.0922. The lowest BCUT2D eigenvalue weighted by Crippen LogP contribution is -2.37. The molecule has 0 atom stereocenters. The third-order valence-corrected chi connectivity index (χ3v) is 5.35. The minimum absolute atomic E-state index is 0.0678. The molecule has 0 radical (unpaired) electrons. The van der Waals surface area contributed by atoms with E-state index in [2.05, 4.69) is 17.6 Å². The smallest absolute Gasteiger partial charge is 0.265 e. The summed E-state index contributed by atoms with van der Waals surface area (Å²) in [5.74, 6) is 0.541. The second-order valence-electron chi connectivity index (χ2n) is 6.44. The molecule has 2 N–H and O–H groups in total. The van der Waals surface area contributed by atoms with Crippen LogP contribution in [0.15, 0.2) is 41.8 Å². The second-order valence-corrected chi connectivity index (χ2v) is 7.39. The first-order valence-electron chi connectivity index (χ1n) is 8.37. The molecular formula is C19H22N2O2S. The first-order valence-corrected chi connectivity index (χ1v) is 9.25. The zero-order valence-corrected chi connectivity index (χ0v) is 14.6. The van der Waals surface area contributed by atoms with Crippen molar-refractivity contribution in [2.24, 2.45) is 5.92 Å². The van der Waals surface area contributed by atoms with Crippen LogP contribution in [0.3, 0.4) is 0 Å². The van der Waals surface area contributed by atoms with Crippen molar-refractivity contribution in [2.75, 3.05) is 5.32 Å². The first kappa shape index (κ1) is 16.7. The van der Waals surface area contributed by atoms with E-state index in [0.717, 1.165) is 18.8 Å². The van der Waals surface area contributed by atoms with Crippen LogP contribution in [0.4, 0.5) is 5.69 Å². The number of hydrogen-bond acceptors (Lipinski definition) is 3. The number of carbonyl (C=O) groups is 2. The predicted octanol–water partition coefficient (Wildman–Crippen LogP) is 4.31. The summed E-state index contributed by atoms with van der Waals surface area (Å²) in [5.41, 5.74) is 1.22. The van der Waals surface area contributed by atoms with Gasteiger partial charge in [-0.05, 0) is 61.2 Å². The highest BCUT2D eigenvalue weighted by molar-refractivity contribution is 7.12. The van der Waals surface area contributed by atoms with Crippen molar-refractivity contribution in [3.8, 4) is 0 Å². The molecule has 0 saturated heterocycles. The van der Waals surface area contributed by atoms with E-state index in [-0.39, 0.29) is 17.9 Å². The summed E-state index contributed by atoms with van der Waals surface area (Å²) in [5, 5.41) is 7.82. The molecule has 1 fully saturated rings. The maximum atomic E-state index is 12.4. The van der Waals surface area contributed by atoms with Gasteiger partial charge >= 0.3 is 0 Å². The van der Waals surface area contributed by atoms with Crippen LogP contribution in [0.2, 0.25) is 0 Å². The molecule has 4 nitrogen and oxygen atoms in total. The molecule has 0 aliphatic heterocycles. The summed E-state index contributed by atoms with van der Waals surface area (Å²) < 4.78 is 0. The molecule has 1 aromatic heterocycles. The van der Waals surface area contributed by atoms with Crippen molar-refractivity contribution in [1.29, 1.82) is 0 Å². The Hall–Kier alpha value is -2.14. The van der Waals surface area contributed by atoms with E-state index in [1.54, 1.807) is 30.3 Å². The number of benzene rings is 1. The average Bonchev–Trinajstić information content (AvgIpc) is 3.12. The van der Waals surface area contributed by atoms with Crippen LogP contribution in [0, 0.1) is 5.92 Å². The number of anilines is 1. The lowest BCUT2D eigenvalue weighted by atomic mass is 9.87. The Morgan fingerprint density at radius 1 is 1.04 bits per heavy atom. The van der Waals surface area contributed by atoms with Crippen LogP contribution < -0.4 is 10.6 Å². The van der Waals surface area contributed by atoms with Gasteiger partial charge in [0, 0.05) is 17.3 Å². The summed E-state index contributed by atoms with van der Waals surface area (Å²) >= 11 is 1.39. The summed E-state index contributed by atoms with van der Waals surface area (Å²) in [6.07, 6.45) is 4.42. The van der Waals surface area contributed by atoms with Gasteiger partial charge in [-0.15, -0.1) is 11.3 Å². The predicted molar refractivity (Wildman–Crippen MR) is 97.6 cm³/mol. The van der Waals surface area contributed by atoms with Gasteiger partial charge in [-0.25, -0.2) is 0 Å². The summed E-state index contributed by atoms with van der Waals surface area (Å²) in [6.45, 7) is 2.26. The third kappa shape index (κ3) is 4.23. The largest absolute Gasteiger partial charge is 0.349 e. The van der Waals surface area contributed by atoms with Crippen LogP contribution in [-0.2, 0) is 0 Å². The van der Waals surface area contributed by atoms with Gasteiger partial charge in [-0.3, -0.25) is 9.59 Å². The molecule has 2 aromatic rings. The molecule has 1 heterocycles. The van der Waals surface area contributed by atoms with Gasteiger partial charge in [0.2, 0.25) is 0 Å². The average molecular weight is 342 g/mol. The van der Waals surface area contributed by atoms with E-state index >= 15 is 0 Å². The van der Waals surface area contributed by atoms with Gasteiger partial charge in [-0.1, -0.05) is 19.1 Å². The number of carbonyl (C=O) groups excluding carboxylic acids is 2. The Morgan fingerprint density at radius 3 is 2.54 bits per heavy atom. The quantitative estimate of drug-likeness (QED) is 0.870. The SMILES string of the molecule is CC1CCC(NC(=O)c2cccc(NC(=O)c3cccs3)c2)CC1. The fourth-order valence-electron chi connectivity index (χ4n) is 3.01. The zero-order chi connectivity index (χ0) is 16.9. The van der Waals surface area contributed by atoms with Crippen LogP contribution in [0.1, 0.15) is 52.6 Å². The van der Waals surface area contributed by atoms with E-state index in [1.807, 2.05) is 11.4 Å². The van der Waals surface area contributed by atoms with Crippen LogP contribution in [0.25, 0.3) is 0 Å². The topological polar surface area (TPSA) is 58.2 Å². The number of nitrogens with one attached hydrogen (secondary N) is 2. The summed E-state index contributed by atoms with van der Waals surface area (Å²) in [6, 6.07) is 11.0. The maximum Gasteiger partial charge on any atom is 0.265 e. The molecular weight excluding hydrogens is 320 g/mol. The van der Waals surface area contributed by atoms with Gasteiger partial charge in [0.25, 0.3) is 11.8 Å². The Kier molecular flexibility index (Phi) is 5.30. The molecule has 0 bridgehead atoms. The van der Waals surface area contributed by atoms with E-state index in [9.17, 15) is 9.59 Å². The molecule has 1 aliphatic carbocycles. The molecule has 0 unspecified atom stereocenters. The number of thiophene rings is 1. The van der Waals surface area contributed by atoms with Crippen molar-refractivity contribution >= 4 is 28.8 Å². The van der Waals surface area contributed by atoms with Crippen molar-refractivity contribution < 1.29 is 9.59 Å². The van der Waals surface area contributed by atoms with Crippen LogP contribution in [-0.4, -0.2) is 17.9 Å². The van der Waals surface area contributed by atoms with Crippen molar-refractivity contribution in [1.82, 2.24) is 5.32 Å². The van der Waals surface area contributed by atoms with E-state index in [0.29, 0.717) is 16.1 Å². The highest BCUT2D eigenvalue weighted by atomic mass is 32.1. The molecule has 0 spiro atoms. The van der Waals surface area contributed by atoms with Crippen molar-refractivity contribution in [2.45, 2.75) is 38.6 Å². The Balaban J connectivity index is 1.62. The van der Waals surface area contributed by atoms with Gasteiger partial charge in [-0.2, -0.15) is 0 Å². The molecule has 1 saturated carbocycles. The molecule has 3 rings (SSSR count). The fourth-order valence-corrected chi connectivity index (χ4v) is 3.63. The minimum Gasteiger partial charge on any atom is -0.349 e. The number of amides is 2. The molecule has 2 amide bonds. The van der Waals surface area contributed by atoms with Gasteiger partial charge < -0.3 is 10.6 Å². The lowest BCUT2D eigenvalue weighted by Gasteiger charge is -2.26.